The molecule has 1 amide bonds. The van der Waals surface area contributed by atoms with Gasteiger partial charge in [-0.25, -0.2) is 0 Å². The topological polar surface area (TPSA) is 75.5 Å². The third-order valence-corrected chi connectivity index (χ3v) is 4.09. The molecule has 0 aromatic heterocycles. The quantitative estimate of drug-likeness (QED) is 0.667. The lowest BCUT2D eigenvalue weighted by Gasteiger charge is -2.29. The predicted octanol–water partition coefficient (Wildman–Crippen LogP) is 2.85. The monoisotopic (exact) mass is 325 g/mol. The number of benzene rings is 1. The van der Waals surface area contributed by atoms with Crippen LogP contribution < -0.4 is 5.32 Å². The zero-order valence-corrected chi connectivity index (χ0v) is 13.3. The highest BCUT2D eigenvalue weighted by Gasteiger charge is 2.19. The van der Waals surface area contributed by atoms with Crippen molar-refractivity contribution >= 4 is 23.2 Å². The number of non-ortho nitro benzene ring substituents is 1. The molecule has 1 saturated heterocycles. The van der Waals surface area contributed by atoms with E-state index in [9.17, 15) is 14.9 Å². The van der Waals surface area contributed by atoms with E-state index in [2.05, 4.69) is 10.2 Å². The number of carbonyl (C=O) groups is 1. The summed E-state index contributed by atoms with van der Waals surface area (Å²) in [5, 5.41) is 13.9. The van der Waals surface area contributed by atoms with E-state index in [-0.39, 0.29) is 28.2 Å². The van der Waals surface area contributed by atoms with Crippen LogP contribution in [0, 0.1) is 10.1 Å². The highest BCUT2D eigenvalue weighted by Crippen LogP contribution is 2.22. The van der Waals surface area contributed by atoms with Gasteiger partial charge in [-0.15, -0.1) is 0 Å². The number of piperidine rings is 1. The van der Waals surface area contributed by atoms with Gasteiger partial charge in [-0.2, -0.15) is 0 Å². The van der Waals surface area contributed by atoms with Crippen molar-refractivity contribution in [1.29, 1.82) is 0 Å². The number of likely N-dealkylation sites (tertiary alicyclic amines) is 1. The summed E-state index contributed by atoms with van der Waals surface area (Å²) in [5.74, 6) is -0.377. The van der Waals surface area contributed by atoms with Gasteiger partial charge in [-0.3, -0.25) is 14.9 Å². The summed E-state index contributed by atoms with van der Waals surface area (Å²) < 4.78 is 0. The number of nitro groups is 1. The van der Waals surface area contributed by atoms with E-state index in [0.717, 1.165) is 19.6 Å². The molecule has 1 N–H and O–H groups in total. The second-order valence-corrected chi connectivity index (χ2v) is 6.06. The molecule has 0 aliphatic carbocycles. The molecular weight excluding hydrogens is 306 g/mol. The largest absolute Gasteiger partial charge is 0.348 e. The lowest BCUT2D eigenvalue weighted by Crippen LogP contribution is -2.43. The Balaban J connectivity index is 1.98. The molecular formula is C15H20ClN3O3. The van der Waals surface area contributed by atoms with Crippen molar-refractivity contribution < 1.29 is 9.72 Å². The van der Waals surface area contributed by atoms with Crippen LogP contribution in [-0.2, 0) is 0 Å². The number of amides is 1. The molecule has 0 spiro atoms. The maximum atomic E-state index is 12.3. The fourth-order valence-electron chi connectivity index (χ4n) is 2.68. The third kappa shape index (κ3) is 4.42. The maximum absolute atomic E-state index is 12.3. The van der Waals surface area contributed by atoms with Crippen LogP contribution in [0.2, 0.25) is 5.02 Å². The summed E-state index contributed by atoms with van der Waals surface area (Å²) in [6.07, 6.45) is 3.65. The Labute approximate surface area is 134 Å². The van der Waals surface area contributed by atoms with Gasteiger partial charge < -0.3 is 10.2 Å². The molecule has 1 aromatic rings. The van der Waals surface area contributed by atoms with Crippen LogP contribution in [0.5, 0.6) is 0 Å². The smallest absolute Gasteiger partial charge is 0.270 e. The zero-order chi connectivity index (χ0) is 16.1. The number of hydrogen-bond donors (Lipinski definition) is 1. The van der Waals surface area contributed by atoms with E-state index < -0.39 is 4.92 Å². The average molecular weight is 326 g/mol. The normalized spacial score (nSPS) is 17.0. The minimum atomic E-state index is -0.537. The van der Waals surface area contributed by atoms with Crippen molar-refractivity contribution in [3.05, 3.63) is 38.9 Å². The van der Waals surface area contributed by atoms with Crippen molar-refractivity contribution in [2.24, 2.45) is 0 Å². The average Bonchev–Trinajstić information content (AvgIpc) is 2.48. The van der Waals surface area contributed by atoms with Crippen LogP contribution in [0.3, 0.4) is 0 Å². The second kappa shape index (κ2) is 7.56. The van der Waals surface area contributed by atoms with Crippen molar-refractivity contribution in [3.8, 4) is 0 Å². The number of nitrogens with zero attached hydrogens (tertiary/aromatic N) is 2. The molecule has 120 valence electrons. The lowest BCUT2D eigenvalue weighted by molar-refractivity contribution is -0.384. The molecule has 1 fully saturated rings. The molecule has 1 aliphatic rings. The summed E-state index contributed by atoms with van der Waals surface area (Å²) >= 11 is 5.98. The first-order valence-corrected chi connectivity index (χ1v) is 7.82. The van der Waals surface area contributed by atoms with Crippen LogP contribution in [-0.4, -0.2) is 41.4 Å². The number of halogens is 1. The Morgan fingerprint density at radius 3 is 2.73 bits per heavy atom. The Bertz CT molecular complexity index is 559. The Morgan fingerprint density at radius 2 is 2.09 bits per heavy atom. The Morgan fingerprint density at radius 1 is 1.41 bits per heavy atom. The third-order valence-electron chi connectivity index (χ3n) is 3.76. The highest BCUT2D eigenvalue weighted by atomic mass is 35.5. The van der Waals surface area contributed by atoms with Gasteiger partial charge in [0.2, 0.25) is 0 Å². The number of rotatable bonds is 5. The Hall–Kier alpha value is -1.66. The first kappa shape index (κ1) is 16.7. The highest BCUT2D eigenvalue weighted by molar-refractivity contribution is 6.33. The Kier molecular flexibility index (Phi) is 5.74. The first-order chi connectivity index (χ1) is 10.5. The van der Waals surface area contributed by atoms with E-state index in [1.165, 1.54) is 37.5 Å². The molecule has 0 bridgehead atoms. The first-order valence-electron chi connectivity index (χ1n) is 7.44. The zero-order valence-electron chi connectivity index (χ0n) is 12.5. The van der Waals surface area contributed by atoms with E-state index in [4.69, 9.17) is 11.6 Å². The fraction of sp³-hybridized carbons (Fsp3) is 0.533. The number of carbonyl (C=O) groups excluding carboxylic acids is 1. The van der Waals surface area contributed by atoms with Gasteiger partial charge >= 0.3 is 0 Å². The molecule has 2 rings (SSSR count). The van der Waals surface area contributed by atoms with Gasteiger partial charge in [0.05, 0.1) is 15.5 Å². The summed E-state index contributed by atoms with van der Waals surface area (Å²) in [6.45, 7) is 4.81. The van der Waals surface area contributed by atoms with Crippen molar-refractivity contribution in [2.45, 2.75) is 32.2 Å². The van der Waals surface area contributed by atoms with Gasteiger partial charge in [0, 0.05) is 24.7 Å². The van der Waals surface area contributed by atoms with Gasteiger partial charge in [0.1, 0.15) is 0 Å². The molecule has 1 unspecified atom stereocenters. The van der Waals surface area contributed by atoms with Crippen LogP contribution in [0.4, 0.5) is 5.69 Å². The van der Waals surface area contributed by atoms with E-state index in [0.29, 0.717) is 0 Å². The summed E-state index contributed by atoms with van der Waals surface area (Å²) in [7, 11) is 0. The standard InChI is InChI=1S/C15H20ClN3O3/c1-11(10-18-7-3-2-4-8-18)17-15(20)13-9-12(19(21)22)5-6-14(13)16/h5-6,9,11H,2-4,7-8,10H2,1H3,(H,17,20). The van der Waals surface area contributed by atoms with Crippen molar-refractivity contribution in [3.63, 3.8) is 0 Å². The summed E-state index contributed by atoms with van der Waals surface area (Å²) in [4.78, 5) is 24.8. The van der Waals surface area contributed by atoms with Gasteiger partial charge in [0.25, 0.3) is 11.6 Å². The van der Waals surface area contributed by atoms with Gasteiger partial charge in [-0.1, -0.05) is 18.0 Å². The second-order valence-electron chi connectivity index (χ2n) is 5.66. The number of hydrogen-bond acceptors (Lipinski definition) is 4. The number of nitrogens with one attached hydrogen (secondary N) is 1. The van der Waals surface area contributed by atoms with Gasteiger partial charge in [0.15, 0.2) is 0 Å². The fourth-order valence-corrected chi connectivity index (χ4v) is 2.88. The minimum absolute atomic E-state index is 0.0408. The molecule has 1 atom stereocenters. The lowest BCUT2D eigenvalue weighted by atomic mass is 10.1. The molecule has 0 radical (unpaired) electrons. The van der Waals surface area contributed by atoms with Crippen LogP contribution >= 0.6 is 11.6 Å². The van der Waals surface area contributed by atoms with Crippen LogP contribution in [0.15, 0.2) is 18.2 Å². The molecule has 0 saturated carbocycles. The molecule has 1 aliphatic heterocycles. The van der Waals surface area contributed by atoms with Crippen LogP contribution in [0.25, 0.3) is 0 Å². The molecule has 1 heterocycles. The molecule has 6 nitrogen and oxygen atoms in total. The van der Waals surface area contributed by atoms with E-state index in [1.54, 1.807) is 0 Å². The minimum Gasteiger partial charge on any atom is -0.348 e. The van der Waals surface area contributed by atoms with E-state index >= 15 is 0 Å². The summed E-state index contributed by atoms with van der Waals surface area (Å²) in [6, 6.07) is 3.84. The van der Waals surface area contributed by atoms with E-state index in [1.807, 2.05) is 6.92 Å². The van der Waals surface area contributed by atoms with Crippen LogP contribution in [0.1, 0.15) is 36.5 Å². The molecule has 1 aromatic carbocycles. The van der Waals surface area contributed by atoms with Crippen molar-refractivity contribution in [1.82, 2.24) is 10.2 Å². The maximum Gasteiger partial charge on any atom is 0.270 e. The van der Waals surface area contributed by atoms with Gasteiger partial charge in [-0.05, 0) is 38.9 Å². The summed E-state index contributed by atoms with van der Waals surface area (Å²) in [5.41, 5.74) is -0.000376. The molecule has 7 heteroatoms. The predicted molar refractivity (Wildman–Crippen MR) is 85.3 cm³/mol. The van der Waals surface area contributed by atoms with Crippen molar-refractivity contribution in [2.75, 3.05) is 19.6 Å². The molecule has 22 heavy (non-hydrogen) atoms. The SMILES string of the molecule is CC(CN1CCCCC1)NC(=O)c1cc([N+](=O)[O-])ccc1Cl. The number of nitro benzene ring substituents is 1.